The molecule has 0 aliphatic carbocycles. The third-order valence-corrected chi connectivity index (χ3v) is 4.26. The molecule has 2 aromatic carbocycles. The predicted molar refractivity (Wildman–Crippen MR) is 98.2 cm³/mol. The zero-order chi connectivity index (χ0) is 18.9. The number of carboxylic acid groups (broad SMARTS) is 1. The Morgan fingerprint density at radius 2 is 1.73 bits per heavy atom. The molecule has 0 aliphatic rings. The first kappa shape index (κ1) is 19.6. The molecule has 5 heteroatoms. The first-order valence-corrected chi connectivity index (χ1v) is 8.74. The van der Waals surface area contributed by atoms with Crippen molar-refractivity contribution in [2.24, 2.45) is 5.92 Å². The number of hydrogen-bond acceptors (Lipinski definition) is 2. The summed E-state index contributed by atoms with van der Waals surface area (Å²) in [6.45, 7) is 1.79. The van der Waals surface area contributed by atoms with Crippen molar-refractivity contribution in [1.29, 1.82) is 0 Å². The van der Waals surface area contributed by atoms with Gasteiger partial charge >= 0.3 is 5.97 Å². The zero-order valence-electron chi connectivity index (χ0n) is 14.8. The van der Waals surface area contributed by atoms with Crippen molar-refractivity contribution >= 4 is 11.9 Å². The van der Waals surface area contributed by atoms with Gasteiger partial charge in [-0.05, 0) is 42.5 Å². The second-order valence-electron chi connectivity index (χ2n) is 6.56. The average molecular weight is 357 g/mol. The van der Waals surface area contributed by atoms with Gasteiger partial charge in [-0.2, -0.15) is 0 Å². The lowest BCUT2D eigenvalue weighted by Crippen LogP contribution is -2.40. The molecular weight excluding hydrogens is 333 g/mol. The Hall–Kier alpha value is -2.69. The molecule has 0 saturated heterocycles. The number of aliphatic carboxylic acids is 1. The molecule has 1 amide bonds. The number of carbonyl (C=O) groups excluding carboxylic acids is 1. The number of nitrogens with one attached hydrogen (secondary N) is 1. The topological polar surface area (TPSA) is 66.4 Å². The maximum absolute atomic E-state index is 13.3. The minimum Gasteiger partial charge on any atom is -0.481 e. The van der Waals surface area contributed by atoms with Crippen LogP contribution in [0.5, 0.6) is 0 Å². The molecule has 2 atom stereocenters. The summed E-state index contributed by atoms with van der Waals surface area (Å²) < 4.78 is 13.3. The van der Waals surface area contributed by atoms with E-state index in [-0.39, 0.29) is 30.1 Å². The van der Waals surface area contributed by atoms with E-state index in [2.05, 4.69) is 5.32 Å². The van der Waals surface area contributed by atoms with E-state index in [1.54, 1.807) is 19.1 Å². The maximum atomic E-state index is 13.3. The molecule has 0 aromatic heterocycles. The molecule has 0 saturated carbocycles. The molecule has 2 rings (SSSR count). The Balaban J connectivity index is 1.98. The fourth-order valence-corrected chi connectivity index (χ4v) is 2.88. The quantitative estimate of drug-likeness (QED) is 0.721. The van der Waals surface area contributed by atoms with Crippen LogP contribution in [0.25, 0.3) is 0 Å². The highest BCUT2D eigenvalue weighted by molar-refractivity contribution is 5.79. The maximum Gasteiger partial charge on any atom is 0.303 e. The van der Waals surface area contributed by atoms with Gasteiger partial charge in [-0.25, -0.2) is 4.39 Å². The molecule has 0 heterocycles. The van der Waals surface area contributed by atoms with Crippen molar-refractivity contribution in [1.82, 2.24) is 5.32 Å². The third-order valence-electron chi connectivity index (χ3n) is 4.26. The smallest absolute Gasteiger partial charge is 0.303 e. The number of carbonyl (C=O) groups is 2. The Morgan fingerprint density at radius 3 is 2.38 bits per heavy atom. The highest BCUT2D eigenvalue weighted by Gasteiger charge is 2.19. The van der Waals surface area contributed by atoms with Gasteiger partial charge in [0.15, 0.2) is 0 Å². The molecular formula is C21H24FNO3. The van der Waals surface area contributed by atoms with E-state index in [1.165, 1.54) is 12.1 Å². The second kappa shape index (κ2) is 9.70. The van der Waals surface area contributed by atoms with Crippen LogP contribution < -0.4 is 5.32 Å². The average Bonchev–Trinajstić information content (AvgIpc) is 2.60. The third kappa shape index (κ3) is 6.67. The Morgan fingerprint density at radius 1 is 1.04 bits per heavy atom. The van der Waals surface area contributed by atoms with Gasteiger partial charge in [0.1, 0.15) is 5.82 Å². The summed E-state index contributed by atoms with van der Waals surface area (Å²) in [4.78, 5) is 23.4. The van der Waals surface area contributed by atoms with Gasteiger partial charge in [-0.1, -0.05) is 49.4 Å². The largest absolute Gasteiger partial charge is 0.481 e. The number of amides is 1. The molecule has 0 spiro atoms. The summed E-state index contributed by atoms with van der Waals surface area (Å²) in [5.74, 6) is -1.69. The van der Waals surface area contributed by atoms with Gasteiger partial charge in [0.25, 0.3) is 0 Å². The van der Waals surface area contributed by atoms with Crippen LogP contribution in [0.3, 0.4) is 0 Å². The molecule has 2 aromatic rings. The highest BCUT2D eigenvalue weighted by Crippen LogP contribution is 2.13. The van der Waals surface area contributed by atoms with Crippen LogP contribution in [0.4, 0.5) is 4.39 Å². The van der Waals surface area contributed by atoms with Gasteiger partial charge in [0.05, 0.1) is 0 Å². The van der Waals surface area contributed by atoms with Crippen LogP contribution in [-0.4, -0.2) is 23.0 Å². The van der Waals surface area contributed by atoms with Crippen LogP contribution in [-0.2, 0) is 22.4 Å². The molecule has 2 N–H and O–H groups in total. The van der Waals surface area contributed by atoms with Crippen LogP contribution in [0.2, 0.25) is 0 Å². The molecule has 4 nitrogen and oxygen atoms in total. The molecule has 26 heavy (non-hydrogen) atoms. The van der Waals surface area contributed by atoms with Gasteiger partial charge in [-0.15, -0.1) is 0 Å². The lowest BCUT2D eigenvalue weighted by Gasteiger charge is -2.21. The summed E-state index contributed by atoms with van der Waals surface area (Å²) in [5.41, 5.74) is 1.80. The van der Waals surface area contributed by atoms with E-state index in [9.17, 15) is 14.0 Å². The van der Waals surface area contributed by atoms with E-state index in [4.69, 9.17) is 5.11 Å². The van der Waals surface area contributed by atoms with Crippen molar-refractivity contribution in [3.8, 4) is 0 Å². The van der Waals surface area contributed by atoms with Crippen molar-refractivity contribution in [2.75, 3.05) is 0 Å². The van der Waals surface area contributed by atoms with Crippen LogP contribution in [0.1, 0.15) is 30.9 Å². The minimum atomic E-state index is -0.884. The van der Waals surface area contributed by atoms with E-state index in [0.29, 0.717) is 19.3 Å². The van der Waals surface area contributed by atoms with Gasteiger partial charge < -0.3 is 10.4 Å². The molecule has 0 bridgehead atoms. The van der Waals surface area contributed by atoms with Crippen molar-refractivity contribution in [2.45, 2.75) is 38.6 Å². The lowest BCUT2D eigenvalue weighted by atomic mass is 9.97. The monoisotopic (exact) mass is 357 g/mol. The molecule has 0 fully saturated rings. The summed E-state index contributed by atoms with van der Waals surface area (Å²) in [5, 5.41) is 11.9. The highest BCUT2D eigenvalue weighted by atomic mass is 19.1. The van der Waals surface area contributed by atoms with E-state index in [0.717, 1.165) is 11.1 Å². The van der Waals surface area contributed by atoms with E-state index < -0.39 is 5.97 Å². The molecule has 0 radical (unpaired) electrons. The van der Waals surface area contributed by atoms with Crippen LogP contribution in [0, 0.1) is 11.7 Å². The Labute approximate surface area is 153 Å². The lowest BCUT2D eigenvalue weighted by molar-refractivity contribution is -0.137. The van der Waals surface area contributed by atoms with Gasteiger partial charge in [0, 0.05) is 18.4 Å². The fourth-order valence-electron chi connectivity index (χ4n) is 2.88. The number of hydrogen-bond donors (Lipinski definition) is 2. The number of carboxylic acids is 1. The second-order valence-corrected chi connectivity index (χ2v) is 6.56. The SMILES string of the molecule is CC(Cc1cccc(F)c1)C(=O)NC(CCC(=O)O)Cc1ccccc1. The number of rotatable bonds is 9. The predicted octanol–water partition coefficient (Wildman–Crippen LogP) is 3.60. The van der Waals surface area contributed by atoms with Crippen LogP contribution >= 0.6 is 0 Å². The van der Waals surface area contributed by atoms with Crippen molar-refractivity contribution < 1.29 is 19.1 Å². The Kier molecular flexibility index (Phi) is 7.33. The van der Waals surface area contributed by atoms with E-state index in [1.807, 2.05) is 30.3 Å². The normalized spacial score (nSPS) is 13.0. The van der Waals surface area contributed by atoms with Crippen LogP contribution in [0.15, 0.2) is 54.6 Å². The molecule has 138 valence electrons. The fraction of sp³-hybridized carbons (Fsp3) is 0.333. The first-order chi connectivity index (χ1) is 12.4. The minimum absolute atomic E-state index is 0.00391. The number of halogens is 1. The molecule has 2 unspecified atom stereocenters. The molecule has 0 aliphatic heterocycles. The van der Waals surface area contributed by atoms with Crippen molar-refractivity contribution in [3.63, 3.8) is 0 Å². The standard InChI is InChI=1S/C21H24FNO3/c1-15(12-17-8-5-9-18(22)13-17)21(26)23-19(10-11-20(24)25)14-16-6-3-2-4-7-16/h2-9,13,15,19H,10-12,14H2,1H3,(H,23,26)(H,24,25). The summed E-state index contributed by atoms with van der Waals surface area (Å²) in [6.07, 6.45) is 1.37. The summed E-state index contributed by atoms with van der Waals surface area (Å²) in [7, 11) is 0. The van der Waals surface area contributed by atoms with E-state index >= 15 is 0 Å². The summed E-state index contributed by atoms with van der Waals surface area (Å²) in [6, 6.07) is 15.6. The van der Waals surface area contributed by atoms with Gasteiger partial charge in [-0.3, -0.25) is 9.59 Å². The summed E-state index contributed by atoms with van der Waals surface area (Å²) >= 11 is 0. The Bertz CT molecular complexity index is 733. The zero-order valence-corrected chi connectivity index (χ0v) is 14.8. The van der Waals surface area contributed by atoms with Crippen molar-refractivity contribution in [3.05, 3.63) is 71.5 Å². The number of benzene rings is 2. The van der Waals surface area contributed by atoms with Gasteiger partial charge in [0.2, 0.25) is 5.91 Å². The first-order valence-electron chi connectivity index (χ1n) is 8.74.